The molecule has 0 saturated heterocycles. The number of hydrogen-bond acceptors (Lipinski definition) is 2. The Labute approximate surface area is 137 Å². The Kier molecular flexibility index (Phi) is 4.56. The van der Waals surface area contributed by atoms with Crippen molar-refractivity contribution in [3.05, 3.63) is 47.3 Å². The van der Waals surface area contributed by atoms with Crippen molar-refractivity contribution in [1.82, 2.24) is 0 Å². The summed E-state index contributed by atoms with van der Waals surface area (Å²) in [7, 11) is 0. The minimum absolute atomic E-state index is 0.204. The number of ether oxygens (including phenoxy) is 1. The van der Waals surface area contributed by atoms with Crippen molar-refractivity contribution in [2.24, 2.45) is 5.92 Å². The maximum atomic E-state index is 14.8. The van der Waals surface area contributed by atoms with Crippen LogP contribution in [0.1, 0.15) is 63.0 Å². The van der Waals surface area contributed by atoms with Crippen LogP contribution >= 0.6 is 0 Å². The molecule has 0 spiro atoms. The summed E-state index contributed by atoms with van der Waals surface area (Å²) in [4.78, 5) is 12.3. The molecule has 0 aliphatic heterocycles. The molecule has 0 aromatic heterocycles. The van der Waals surface area contributed by atoms with Crippen molar-refractivity contribution < 1.29 is 13.9 Å². The second-order valence-electron chi connectivity index (χ2n) is 7.02. The molecule has 2 nitrogen and oxygen atoms in total. The van der Waals surface area contributed by atoms with E-state index in [2.05, 4.69) is 6.58 Å². The Hall–Kier alpha value is -1.64. The molecule has 1 saturated carbocycles. The largest absolute Gasteiger partial charge is 0.450 e. The zero-order chi connectivity index (χ0) is 16.4. The zero-order valence-electron chi connectivity index (χ0n) is 13.9. The molecule has 3 heteroatoms. The van der Waals surface area contributed by atoms with Gasteiger partial charge < -0.3 is 4.74 Å². The second-order valence-corrected chi connectivity index (χ2v) is 7.02. The van der Waals surface area contributed by atoms with Gasteiger partial charge >= 0.3 is 5.97 Å². The van der Waals surface area contributed by atoms with Gasteiger partial charge in [0.15, 0.2) is 0 Å². The van der Waals surface area contributed by atoms with Crippen molar-refractivity contribution >= 4 is 5.97 Å². The minimum atomic E-state index is -0.810. The quantitative estimate of drug-likeness (QED) is 0.576. The molecule has 124 valence electrons. The molecule has 1 fully saturated rings. The van der Waals surface area contributed by atoms with E-state index in [1.54, 1.807) is 13.0 Å². The highest BCUT2D eigenvalue weighted by Crippen LogP contribution is 2.50. The van der Waals surface area contributed by atoms with Gasteiger partial charge in [-0.15, -0.1) is 0 Å². The van der Waals surface area contributed by atoms with Crippen LogP contribution in [0, 0.1) is 11.7 Å². The van der Waals surface area contributed by atoms with Crippen LogP contribution in [0.4, 0.5) is 4.39 Å². The third-order valence-electron chi connectivity index (χ3n) is 5.41. The molecule has 0 amide bonds. The third kappa shape index (κ3) is 2.93. The molecule has 3 rings (SSSR count). The lowest BCUT2D eigenvalue weighted by atomic mass is 9.67. The molecular weight excluding hydrogens is 291 g/mol. The van der Waals surface area contributed by atoms with Gasteiger partial charge in [0.1, 0.15) is 11.4 Å². The topological polar surface area (TPSA) is 26.3 Å². The standard InChI is InChI=1S/C20H25FO2/c1-14(2)19(22)23-20(16-10-4-3-5-11-16)13-7-9-15-8-6-12-17(21)18(15)20/h6,8,12,16H,1,3-5,7,9-11,13H2,2H3. The summed E-state index contributed by atoms with van der Waals surface area (Å²) in [6.45, 7) is 5.36. The third-order valence-corrected chi connectivity index (χ3v) is 5.41. The van der Waals surface area contributed by atoms with E-state index < -0.39 is 11.6 Å². The number of esters is 1. The second kappa shape index (κ2) is 6.46. The number of hydrogen-bond donors (Lipinski definition) is 0. The van der Waals surface area contributed by atoms with E-state index in [1.165, 1.54) is 12.5 Å². The van der Waals surface area contributed by atoms with E-state index >= 15 is 0 Å². The fraction of sp³-hybridized carbons (Fsp3) is 0.550. The number of fused-ring (bicyclic) bond motifs is 1. The van der Waals surface area contributed by atoms with Gasteiger partial charge in [0, 0.05) is 17.1 Å². The average molecular weight is 316 g/mol. The first-order valence-corrected chi connectivity index (χ1v) is 8.71. The first-order valence-electron chi connectivity index (χ1n) is 8.71. The van der Waals surface area contributed by atoms with E-state index in [-0.39, 0.29) is 11.7 Å². The molecule has 0 bridgehead atoms. The summed E-state index contributed by atoms with van der Waals surface area (Å²) in [5.41, 5.74) is 1.20. The molecule has 1 atom stereocenters. The normalized spacial score (nSPS) is 24.8. The smallest absolute Gasteiger partial charge is 0.334 e. The van der Waals surface area contributed by atoms with Crippen molar-refractivity contribution in [3.63, 3.8) is 0 Å². The highest BCUT2D eigenvalue weighted by atomic mass is 19.1. The summed E-state index contributed by atoms with van der Waals surface area (Å²) in [6, 6.07) is 5.23. The van der Waals surface area contributed by atoms with Gasteiger partial charge in [-0.25, -0.2) is 9.18 Å². The Morgan fingerprint density at radius 1 is 1.26 bits per heavy atom. The van der Waals surface area contributed by atoms with Gasteiger partial charge in [-0.3, -0.25) is 0 Å². The predicted octanol–water partition coefficient (Wildman–Crippen LogP) is 5.06. The van der Waals surface area contributed by atoms with E-state index in [4.69, 9.17) is 4.74 Å². The van der Waals surface area contributed by atoms with Gasteiger partial charge in [-0.05, 0) is 50.7 Å². The molecule has 0 radical (unpaired) electrons. The van der Waals surface area contributed by atoms with Gasteiger partial charge in [0.2, 0.25) is 0 Å². The molecular formula is C20H25FO2. The van der Waals surface area contributed by atoms with Gasteiger partial charge in [-0.1, -0.05) is 38.0 Å². The van der Waals surface area contributed by atoms with E-state index in [0.717, 1.165) is 44.1 Å². The van der Waals surface area contributed by atoms with Crippen LogP contribution in [0.15, 0.2) is 30.4 Å². The Bertz CT molecular complexity index is 616. The highest BCUT2D eigenvalue weighted by Gasteiger charge is 2.48. The van der Waals surface area contributed by atoms with Crippen LogP contribution in [-0.4, -0.2) is 5.97 Å². The van der Waals surface area contributed by atoms with Crippen molar-refractivity contribution in [3.8, 4) is 0 Å². The van der Waals surface area contributed by atoms with Crippen LogP contribution in [-0.2, 0) is 21.6 Å². The van der Waals surface area contributed by atoms with Crippen LogP contribution in [0.5, 0.6) is 0 Å². The molecule has 1 aromatic carbocycles. The molecule has 2 aliphatic carbocycles. The monoisotopic (exact) mass is 316 g/mol. The number of carbonyl (C=O) groups excluding carboxylic acids is 1. The van der Waals surface area contributed by atoms with Crippen LogP contribution in [0.25, 0.3) is 0 Å². The number of aryl methyl sites for hydroxylation is 1. The van der Waals surface area contributed by atoms with Gasteiger partial charge in [-0.2, -0.15) is 0 Å². The average Bonchev–Trinajstić information content (AvgIpc) is 2.55. The molecule has 23 heavy (non-hydrogen) atoms. The lowest BCUT2D eigenvalue weighted by Gasteiger charge is -2.45. The molecule has 1 unspecified atom stereocenters. The Morgan fingerprint density at radius 3 is 2.70 bits per heavy atom. The van der Waals surface area contributed by atoms with Crippen LogP contribution < -0.4 is 0 Å². The Morgan fingerprint density at radius 2 is 2.00 bits per heavy atom. The van der Waals surface area contributed by atoms with Crippen LogP contribution in [0.3, 0.4) is 0 Å². The number of halogens is 1. The minimum Gasteiger partial charge on any atom is -0.450 e. The molecule has 1 aromatic rings. The lowest BCUT2D eigenvalue weighted by molar-refractivity contribution is -0.168. The maximum absolute atomic E-state index is 14.8. The summed E-state index contributed by atoms with van der Waals surface area (Å²) in [5.74, 6) is -0.426. The van der Waals surface area contributed by atoms with E-state index in [1.807, 2.05) is 6.07 Å². The first-order chi connectivity index (χ1) is 11.0. The summed E-state index contributed by atoms with van der Waals surface area (Å²) < 4.78 is 20.8. The van der Waals surface area contributed by atoms with E-state index in [0.29, 0.717) is 17.6 Å². The lowest BCUT2D eigenvalue weighted by Crippen LogP contribution is -2.44. The number of benzene rings is 1. The zero-order valence-corrected chi connectivity index (χ0v) is 13.9. The van der Waals surface area contributed by atoms with Crippen molar-refractivity contribution in [2.75, 3.05) is 0 Å². The molecule has 2 aliphatic rings. The van der Waals surface area contributed by atoms with Gasteiger partial charge in [0.05, 0.1) is 0 Å². The number of carbonyl (C=O) groups is 1. The first kappa shape index (κ1) is 16.2. The summed E-state index contributed by atoms with van der Waals surface area (Å²) in [5, 5.41) is 0. The maximum Gasteiger partial charge on any atom is 0.334 e. The van der Waals surface area contributed by atoms with Crippen LogP contribution in [0.2, 0.25) is 0 Å². The predicted molar refractivity (Wildman–Crippen MR) is 88.5 cm³/mol. The number of rotatable bonds is 3. The fourth-order valence-corrected chi connectivity index (χ4v) is 4.33. The molecule has 0 N–H and O–H groups in total. The highest BCUT2D eigenvalue weighted by molar-refractivity contribution is 5.87. The van der Waals surface area contributed by atoms with Crippen molar-refractivity contribution in [2.45, 2.75) is 63.9 Å². The van der Waals surface area contributed by atoms with E-state index in [9.17, 15) is 9.18 Å². The molecule has 0 heterocycles. The summed E-state index contributed by atoms with van der Waals surface area (Å²) >= 11 is 0. The summed E-state index contributed by atoms with van der Waals surface area (Å²) in [6.07, 6.45) is 7.95. The van der Waals surface area contributed by atoms with Crippen molar-refractivity contribution in [1.29, 1.82) is 0 Å². The Balaban J connectivity index is 2.10. The van der Waals surface area contributed by atoms with Gasteiger partial charge in [0.25, 0.3) is 0 Å². The fourth-order valence-electron chi connectivity index (χ4n) is 4.33. The SMILES string of the molecule is C=C(C)C(=O)OC1(C2CCCCC2)CCCc2cccc(F)c21.